The third kappa shape index (κ3) is 2.86. The number of anilines is 2. The maximum absolute atomic E-state index is 12.2. The second kappa shape index (κ2) is 5.05. The Balaban J connectivity index is 1.88. The van der Waals surface area contributed by atoms with Crippen LogP contribution in [0.25, 0.3) is 0 Å². The molecule has 2 heterocycles. The highest BCUT2D eigenvalue weighted by molar-refractivity contribution is 7.94. The number of nitrogens with one attached hydrogen (secondary N) is 2. The predicted molar refractivity (Wildman–Crippen MR) is 80.4 cm³/mol. The van der Waals surface area contributed by atoms with Gasteiger partial charge in [-0.15, -0.1) is 11.3 Å². The Hall–Kier alpha value is -2.06. The average Bonchev–Trinajstić information content (AvgIpc) is 2.85. The van der Waals surface area contributed by atoms with E-state index < -0.39 is 10.0 Å². The fourth-order valence-corrected chi connectivity index (χ4v) is 4.24. The molecule has 1 aliphatic rings. The van der Waals surface area contributed by atoms with Gasteiger partial charge in [-0.2, -0.15) is 0 Å². The molecule has 0 radical (unpaired) electrons. The lowest BCUT2D eigenvalue weighted by atomic mass is 10.2. The first-order valence-electron chi connectivity index (χ1n) is 6.10. The number of ether oxygens (including phenoxy) is 1. The number of rotatable bonds is 3. The molecule has 0 atom stereocenters. The third-order valence-electron chi connectivity index (χ3n) is 2.85. The summed E-state index contributed by atoms with van der Waals surface area (Å²) >= 11 is 1.20. The fourth-order valence-electron chi connectivity index (χ4n) is 1.91. The Morgan fingerprint density at radius 2 is 2.10 bits per heavy atom. The number of thiophene rings is 1. The molecule has 0 bridgehead atoms. The zero-order valence-electron chi connectivity index (χ0n) is 11.0. The summed E-state index contributed by atoms with van der Waals surface area (Å²) < 4.78 is 32.4. The molecule has 1 aromatic carbocycles. The molecule has 1 aliphatic heterocycles. The van der Waals surface area contributed by atoms with Gasteiger partial charge in [0.2, 0.25) is 0 Å². The highest BCUT2D eigenvalue weighted by Crippen LogP contribution is 2.31. The van der Waals surface area contributed by atoms with Crippen molar-refractivity contribution in [2.75, 3.05) is 16.6 Å². The molecule has 2 aromatic rings. The minimum Gasteiger partial charge on any atom is -0.482 e. The monoisotopic (exact) mass is 324 g/mol. The molecule has 3 rings (SSSR count). The van der Waals surface area contributed by atoms with Crippen LogP contribution in [-0.2, 0) is 14.8 Å². The summed E-state index contributed by atoms with van der Waals surface area (Å²) in [5, 5.41) is 2.63. The van der Waals surface area contributed by atoms with Crippen LogP contribution in [0.15, 0.2) is 34.5 Å². The number of fused-ring (bicyclic) bond motifs is 1. The summed E-state index contributed by atoms with van der Waals surface area (Å²) in [6, 6.07) is 8.05. The Morgan fingerprint density at radius 3 is 2.81 bits per heavy atom. The number of hydrogen-bond acceptors (Lipinski definition) is 5. The largest absolute Gasteiger partial charge is 0.482 e. The molecule has 0 aliphatic carbocycles. The summed E-state index contributed by atoms with van der Waals surface area (Å²) in [6.45, 7) is 1.81. The smallest absolute Gasteiger partial charge is 0.271 e. The first-order chi connectivity index (χ1) is 9.94. The van der Waals surface area contributed by atoms with Crippen molar-refractivity contribution >= 4 is 38.6 Å². The highest BCUT2D eigenvalue weighted by Gasteiger charge is 2.19. The number of benzene rings is 1. The van der Waals surface area contributed by atoms with Crippen molar-refractivity contribution < 1.29 is 17.9 Å². The van der Waals surface area contributed by atoms with E-state index in [1.807, 2.05) is 6.92 Å². The Kier molecular flexibility index (Phi) is 3.34. The molecule has 1 aromatic heterocycles. The van der Waals surface area contributed by atoms with E-state index in [-0.39, 0.29) is 16.7 Å². The molecule has 0 saturated heterocycles. The Labute approximate surface area is 125 Å². The third-order valence-corrected chi connectivity index (χ3v) is 5.72. The van der Waals surface area contributed by atoms with Crippen LogP contribution in [0.1, 0.15) is 4.88 Å². The van der Waals surface area contributed by atoms with Gasteiger partial charge in [0.15, 0.2) is 6.61 Å². The lowest BCUT2D eigenvalue weighted by molar-refractivity contribution is -0.118. The molecule has 0 saturated carbocycles. The van der Waals surface area contributed by atoms with Crippen molar-refractivity contribution in [2.45, 2.75) is 11.1 Å². The predicted octanol–water partition coefficient (Wildman–Crippen LogP) is 2.19. The lowest BCUT2D eigenvalue weighted by Gasteiger charge is -2.18. The van der Waals surface area contributed by atoms with Crippen molar-refractivity contribution in [1.82, 2.24) is 0 Å². The molecule has 21 heavy (non-hydrogen) atoms. The molecule has 0 unspecified atom stereocenters. The van der Waals surface area contributed by atoms with Crippen LogP contribution in [0.4, 0.5) is 11.4 Å². The van der Waals surface area contributed by atoms with Gasteiger partial charge in [-0.1, -0.05) is 0 Å². The summed E-state index contributed by atoms with van der Waals surface area (Å²) in [6.07, 6.45) is 0. The molecule has 8 heteroatoms. The van der Waals surface area contributed by atoms with Gasteiger partial charge in [0, 0.05) is 4.88 Å². The second-order valence-corrected chi connectivity index (χ2v) is 7.72. The molecule has 1 amide bonds. The number of carbonyl (C=O) groups excluding carboxylic acids is 1. The summed E-state index contributed by atoms with van der Waals surface area (Å²) in [4.78, 5) is 12.2. The zero-order valence-corrected chi connectivity index (χ0v) is 12.7. The SMILES string of the molecule is Cc1ccc(S(=O)(=O)Nc2ccc3c(c2)NC(=O)CO3)s1. The van der Waals surface area contributed by atoms with Gasteiger partial charge < -0.3 is 10.1 Å². The standard InChI is InChI=1S/C13H12N2O4S2/c1-8-2-5-13(20-8)21(17,18)15-9-3-4-11-10(6-9)14-12(16)7-19-11/h2-6,15H,7H2,1H3,(H,14,16). The second-order valence-electron chi connectivity index (χ2n) is 4.52. The van der Waals surface area contributed by atoms with Crippen LogP contribution in [0.5, 0.6) is 5.75 Å². The fraction of sp³-hybridized carbons (Fsp3) is 0.154. The van der Waals surface area contributed by atoms with Crippen LogP contribution in [0.2, 0.25) is 0 Å². The van der Waals surface area contributed by atoms with Gasteiger partial charge in [-0.25, -0.2) is 8.42 Å². The van der Waals surface area contributed by atoms with Crippen LogP contribution in [-0.4, -0.2) is 20.9 Å². The van der Waals surface area contributed by atoms with Crippen molar-refractivity contribution in [1.29, 1.82) is 0 Å². The van der Waals surface area contributed by atoms with Crippen molar-refractivity contribution in [3.8, 4) is 5.75 Å². The molecule has 6 nitrogen and oxygen atoms in total. The van der Waals surface area contributed by atoms with E-state index in [0.717, 1.165) is 4.88 Å². The van der Waals surface area contributed by atoms with Crippen LogP contribution < -0.4 is 14.8 Å². The van der Waals surface area contributed by atoms with Gasteiger partial charge in [-0.05, 0) is 37.3 Å². The number of amides is 1. The van der Waals surface area contributed by atoms with E-state index in [2.05, 4.69) is 10.0 Å². The van der Waals surface area contributed by atoms with E-state index in [1.54, 1.807) is 24.3 Å². The van der Waals surface area contributed by atoms with Gasteiger partial charge in [-0.3, -0.25) is 9.52 Å². The van der Waals surface area contributed by atoms with Crippen molar-refractivity contribution in [3.63, 3.8) is 0 Å². The highest BCUT2D eigenvalue weighted by atomic mass is 32.2. The summed E-state index contributed by atoms with van der Waals surface area (Å²) in [5.41, 5.74) is 0.819. The minimum absolute atomic E-state index is 0.0352. The van der Waals surface area contributed by atoms with Gasteiger partial charge in [0.25, 0.3) is 15.9 Å². The quantitative estimate of drug-likeness (QED) is 0.906. The summed E-state index contributed by atoms with van der Waals surface area (Å²) in [5.74, 6) is 0.251. The van der Waals surface area contributed by atoms with E-state index in [1.165, 1.54) is 17.4 Å². The molecule has 0 spiro atoms. The minimum atomic E-state index is -3.62. The maximum Gasteiger partial charge on any atom is 0.271 e. The molecule has 110 valence electrons. The van der Waals surface area contributed by atoms with Crippen LogP contribution in [0.3, 0.4) is 0 Å². The van der Waals surface area contributed by atoms with Crippen molar-refractivity contribution in [2.24, 2.45) is 0 Å². The molecule has 2 N–H and O–H groups in total. The van der Waals surface area contributed by atoms with Crippen molar-refractivity contribution in [3.05, 3.63) is 35.2 Å². The van der Waals surface area contributed by atoms with E-state index in [9.17, 15) is 13.2 Å². The van der Waals surface area contributed by atoms with E-state index in [4.69, 9.17) is 4.74 Å². The van der Waals surface area contributed by atoms with Gasteiger partial charge in [0.1, 0.15) is 9.96 Å². The van der Waals surface area contributed by atoms with Crippen LogP contribution >= 0.6 is 11.3 Å². The molecular formula is C13H12N2O4S2. The first-order valence-corrected chi connectivity index (χ1v) is 8.40. The topological polar surface area (TPSA) is 84.5 Å². The Bertz CT molecular complexity index is 811. The maximum atomic E-state index is 12.2. The number of carbonyl (C=O) groups is 1. The lowest BCUT2D eigenvalue weighted by Crippen LogP contribution is -2.25. The molecular weight excluding hydrogens is 312 g/mol. The van der Waals surface area contributed by atoms with Gasteiger partial charge in [0.05, 0.1) is 11.4 Å². The Morgan fingerprint density at radius 1 is 1.29 bits per heavy atom. The average molecular weight is 324 g/mol. The first kappa shape index (κ1) is 13.9. The normalized spacial score (nSPS) is 14.0. The number of sulfonamides is 1. The molecule has 0 fully saturated rings. The summed E-state index contributed by atoms with van der Waals surface area (Å²) in [7, 11) is -3.62. The number of aryl methyl sites for hydroxylation is 1. The van der Waals surface area contributed by atoms with E-state index in [0.29, 0.717) is 17.1 Å². The number of hydrogen-bond donors (Lipinski definition) is 2. The van der Waals surface area contributed by atoms with E-state index >= 15 is 0 Å². The zero-order chi connectivity index (χ0) is 15.0. The van der Waals surface area contributed by atoms with Gasteiger partial charge >= 0.3 is 0 Å². The van der Waals surface area contributed by atoms with Crippen LogP contribution in [0, 0.1) is 6.92 Å².